The lowest BCUT2D eigenvalue weighted by Crippen LogP contribution is -2.18. The summed E-state index contributed by atoms with van der Waals surface area (Å²) in [4.78, 5) is 4.91. The molecule has 0 spiro atoms. The van der Waals surface area contributed by atoms with E-state index in [1.54, 1.807) is 6.92 Å². The van der Waals surface area contributed by atoms with Gasteiger partial charge in [0.2, 0.25) is 5.88 Å². The summed E-state index contributed by atoms with van der Waals surface area (Å²) in [5.74, 6) is -0.701. The van der Waals surface area contributed by atoms with E-state index >= 15 is 0 Å². The van der Waals surface area contributed by atoms with Crippen molar-refractivity contribution in [3.8, 4) is 11.6 Å². The summed E-state index contributed by atoms with van der Waals surface area (Å²) in [5, 5.41) is 7.05. The van der Waals surface area contributed by atoms with Crippen molar-refractivity contribution < 1.29 is 40.7 Å². The summed E-state index contributed by atoms with van der Waals surface area (Å²) in [7, 11) is 1.25. The average Bonchev–Trinajstić information content (AvgIpc) is 2.95. The quantitative estimate of drug-likeness (QED) is 0.390. The lowest BCUT2D eigenvalue weighted by Gasteiger charge is -2.12. The van der Waals surface area contributed by atoms with E-state index in [2.05, 4.69) is 15.0 Å². The molecular weight excluding hydrogens is 396 g/mol. The Balaban J connectivity index is 2.22. The minimum atomic E-state index is -4.88. The van der Waals surface area contributed by atoms with Gasteiger partial charge in [-0.3, -0.25) is 0 Å². The molecule has 0 aliphatic heterocycles. The second-order valence-corrected chi connectivity index (χ2v) is 5.31. The Hall–Kier alpha value is -2.92. The Morgan fingerprint density at radius 3 is 2.43 bits per heavy atom. The molecule has 0 amide bonds. The van der Waals surface area contributed by atoms with Crippen LogP contribution in [0, 0.1) is 0 Å². The zero-order valence-corrected chi connectivity index (χ0v) is 14.6. The van der Waals surface area contributed by atoms with E-state index < -0.39 is 24.0 Å². The van der Waals surface area contributed by atoms with Crippen molar-refractivity contribution in [2.75, 3.05) is 13.2 Å². The molecule has 0 saturated carbocycles. The fourth-order valence-electron chi connectivity index (χ4n) is 2.04. The predicted octanol–water partition coefficient (Wildman–Crippen LogP) is 4.16. The third-order valence-electron chi connectivity index (χ3n) is 3.19. The van der Waals surface area contributed by atoms with Gasteiger partial charge in [0.05, 0.1) is 0 Å². The molecule has 0 radical (unpaired) electrons. The molecule has 0 aliphatic carbocycles. The number of aryl methyl sites for hydroxylation is 1. The summed E-state index contributed by atoms with van der Waals surface area (Å²) in [5.41, 5.74) is -0.925. The number of alkyl halides is 6. The van der Waals surface area contributed by atoms with Crippen LogP contribution in [0.4, 0.5) is 26.3 Å². The molecule has 0 fully saturated rings. The van der Waals surface area contributed by atoms with Crippen LogP contribution in [0.1, 0.15) is 18.2 Å². The molecule has 1 heterocycles. The summed E-state index contributed by atoms with van der Waals surface area (Å²) >= 11 is 0. The molecule has 1 aromatic carbocycles. The number of benzene rings is 1. The SMILES string of the molecule is CCON=C(COc1cc(C(F)(F)F)nn1C)c1cccc(OC(F)(F)F)c1. The molecule has 2 rings (SSSR count). The van der Waals surface area contributed by atoms with Crippen molar-refractivity contribution in [1.82, 2.24) is 9.78 Å². The summed E-state index contributed by atoms with van der Waals surface area (Å²) < 4.78 is 85.3. The fourth-order valence-corrected chi connectivity index (χ4v) is 2.04. The van der Waals surface area contributed by atoms with E-state index in [0.29, 0.717) is 6.07 Å². The van der Waals surface area contributed by atoms with Gasteiger partial charge in [-0.2, -0.15) is 18.3 Å². The standard InChI is InChI=1S/C16H15F6N3O3/c1-3-27-24-12(10-5-4-6-11(7-10)28-16(20,21)22)9-26-14-8-13(15(17,18)19)23-25(14)2/h4-8H,3,9H2,1-2H3. The first-order chi connectivity index (χ1) is 13.0. The van der Waals surface area contributed by atoms with Gasteiger partial charge in [-0.1, -0.05) is 17.3 Å². The molecule has 28 heavy (non-hydrogen) atoms. The van der Waals surface area contributed by atoms with Gasteiger partial charge >= 0.3 is 12.5 Å². The molecule has 154 valence electrons. The Bertz CT molecular complexity index is 830. The van der Waals surface area contributed by atoms with E-state index in [1.807, 2.05) is 0 Å². The van der Waals surface area contributed by atoms with Crippen molar-refractivity contribution in [1.29, 1.82) is 0 Å². The van der Waals surface area contributed by atoms with Gasteiger partial charge in [-0.15, -0.1) is 13.2 Å². The van der Waals surface area contributed by atoms with Crippen LogP contribution >= 0.6 is 0 Å². The van der Waals surface area contributed by atoms with Crippen LogP contribution in [0.15, 0.2) is 35.5 Å². The smallest absolute Gasteiger partial charge is 0.471 e. The monoisotopic (exact) mass is 411 g/mol. The van der Waals surface area contributed by atoms with Gasteiger partial charge in [0, 0.05) is 18.7 Å². The molecule has 0 N–H and O–H groups in total. The largest absolute Gasteiger partial charge is 0.573 e. The van der Waals surface area contributed by atoms with Crippen molar-refractivity contribution in [3.63, 3.8) is 0 Å². The van der Waals surface area contributed by atoms with Gasteiger partial charge < -0.3 is 14.3 Å². The summed E-state index contributed by atoms with van der Waals surface area (Å²) in [6.07, 6.45) is -9.53. The van der Waals surface area contributed by atoms with Crippen LogP contribution in [0.25, 0.3) is 0 Å². The minimum Gasteiger partial charge on any atom is -0.471 e. The van der Waals surface area contributed by atoms with Crippen molar-refractivity contribution in [3.05, 3.63) is 41.6 Å². The molecule has 0 bridgehead atoms. The highest BCUT2D eigenvalue weighted by molar-refractivity contribution is 6.01. The number of hydrogen-bond donors (Lipinski definition) is 0. The number of aromatic nitrogens is 2. The van der Waals surface area contributed by atoms with E-state index in [0.717, 1.165) is 16.8 Å². The van der Waals surface area contributed by atoms with E-state index in [-0.39, 0.29) is 30.4 Å². The van der Waals surface area contributed by atoms with Crippen LogP contribution in [-0.4, -0.2) is 35.1 Å². The third-order valence-corrected chi connectivity index (χ3v) is 3.19. The highest BCUT2D eigenvalue weighted by Crippen LogP contribution is 2.30. The Morgan fingerprint density at radius 2 is 1.86 bits per heavy atom. The predicted molar refractivity (Wildman–Crippen MR) is 85.0 cm³/mol. The van der Waals surface area contributed by atoms with Gasteiger partial charge in [0.1, 0.15) is 24.7 Å². The zero-order chi connectivity index (χ0) is 20.9. The number of oxime groups is 1. The maximum atomic E-state index is 12.7. The number of ether oxygens (including phenoxy) is 2. The molecule has 0 unspecified atom stereocenters. The lowest BCUT2D eigenvalue weighted by molar-refractivity contribution is -0.274. The van der Waals surface area contributed by atoms with Crippen LogP contribution in [0.5, 0.6) is 11.6 Å². The average molecular weight is 411 g/mol. The first kappa shape index (κ1) is 21.4. The second-order valence-electron chi connectivity index (χ2n) is 5.31. The van der Waals surface area contributed by atoms with Gasteiger partial charge in [-0.25, -0.2) is 4.68 Å². The second kappa shape index (κ2) is 8.40. The minimum absolute atomic E-state index is 0.0456. The first-order valence-electron chi connectivity index (χ1n) is 7.78. The topological polar surface area (TPSA) is 57.9 Å². The first-order valence-corrected chi connectivity index (χ1v) is 7.78. The molecule has 0 saturated heterocycles. The molecular formula is C16H15F6N3O3. The zero-order valence-electron chi connectivity index (χ0n) is 14.6. The Morgan fingerprint density at radius 1 is 1.14 bits per heavy atom. The fraction of sp³-hybridized carbons (Fsp3) is 0.375. The number of halogens is 6. The highest BCUT2D eigenvalue weighted by atomic mass is 19.4. The Kier molecular flexibility index (Phi) is 6.41. The van der Waals surface area contributed by atoms with Crippen molar-refractivity contribution >= 4 is 5.71 Å². The maximum Gasteiger partial charge on any atom is 0.573 e. The van der Waals surface area contributed by atoms with Gasteiger partial charge in [-0.05, 0) is 19.1 Å². The van der Waals surface area contributed by atoms with Crippen LogP contribution in [0.2, 0.25) is 0 Å². The molecule has 1 aromatic heterocycles. The lowest BCUT2D eigenvalue weighted by atomic mass is 10.1. The van der Waals surface area contributed by atoms with Crippen LogP contribution in [-0.2, 0) is 18.1 Å². The molecule has 0 atom stereocenters. The van der Waals surface area contributed by atoms with E-state index in [1.165, 1.54) is 19.2 Å². The Labute approximate surface area is 155 Å². The number of hydrogen-bond acceptors (Lipinski definition) is 5. The van der Waals surface area contributed by atoms with E-state index in [9.17, 15) is 26.3 Å². The number of rotatable bonds is 7. The molecule has 0 aliphatic rings. The summed E-state index contributed by atoms with van der Waals surface area (Å²) in [6, 6.07) is 5.56. The van der Waals surface area contributed by atoms with E-state index in [4.69, 9.17) is 9.57 Å². The van der Waals surface area contributed by atoms with Crippen molar-refractivity contribution in [2.24, 2.45) is 12.2 Å². The highest BCUT2D eigenvalue weighted by Gasteiger charge is 2.35. The normalized spacial score (nSPS) is 12.8. The number of nitrogens with zero attached hydrogens (tertiary/aromatic N) is 3. The van der Waals surface area contributed by atoms with Gasteiger partial charge in [0.25, 0.3) is 0 Å². The maximum absolute atomic E-state index is 12.7. The van der Waals surface area contributed by atoms with Gasteiger partial charge in [0.15, 0.2) is 5.69 Å². The third kappa shape index (κ3) is 6.06. The molecule has 12 heteroatoms. The van der Waals surface area contributed by atoms with Crippen LogP contribution in [0.3, 0.4) is 0 Å². The summed E-state index contributed by atoms with van der Waals surface area (Å²) in [6.45, 7) is 1.40. The van der Waals surface area contributed by atoms with Crippen molar-refractivity contribution in [2.45, 2.75) is 19.5 Å². The molecule has 6 nitrogen and oxygen atoms in total. The molecule has 2 aromatic rings. The van der Waals surface area contributed by atoms with Crippen LogP contribution < -0.4 is 9.47 Å².